The number of hydrogen-bond donors (Lipinski definition) is 2. The minimum atomic E-state index is -3.53. The minimum Gasteiger partial charge on any atom is -0.379 e. The van der Waals surface area contributed by atoms with Crippen LogP contribution in [0.15, 0.2) is 40.1 Å². The van der Waals surface area contributed by atoms with Gasteiger partial charge in [0.1, 0.15) is 10.0 Å². The highest BCUT2D eigenvalue weighted by atomic mass is 32.2. The Bertz CT molecular complexity index is 657. The van der Waals surface area contributed by atoms with Crippen molar-refractivity contribution in [1.29, 1.82) is 0 Å². The van der Waals surface area contributed by atoms with Gasteiger partial charge in [0, 0.05) is 5.54 Å². The first kappa shape index (κ1) is 14.8. The lowest BCUT2D eigenvalue weighted by atomic mass is 10.1. The minimum absolute atomic E-state index is 0.0698. The molecule has 0 saturated heterocycles. The molecule has 2 heterocycles. The van der Waals surface area contributed by atoms with E-state index < -0.39 is 10.0 Å². The SMILES string of the molecule is CC(C)(C)Nc1ccc(NS(=O)(=O)c2cccs2)nc1. The van der Waals surface area contributed by atoms with Crippen molar-refractivity contribution >= 4 is 32.9 Å². The van der Waals surface area contributed by atoms with Crippen LogP contribution < -0.4 is 10.0 Å². The van der Waals surface area contributed by atoms with E-state index in [4.69, 9.17) is 0 Å². The zero-order chi connectivity index (χ0) is 14.8. The first-order valence-electron chi connectivity index (χ1n) is 6.07. The third-order valence-corrected chi connectivity index (χ3v) is 5.03. The standard InChI is InChI=1S/C13H17N3O2S2/c1-13(2,3)15-10-6-7-11(14-9-10)16-20(17,18)12-5-4-8-19-12/h4-9,15H,1-3H3,(H,14,16). The van der Waals surface area contributed by atoms with Crippen molar-refractivity contribution in [1.82, 2.24) is 4.98 Å². The molecule has 0 aliphatic carbocycles. The fourth-order valence-electron chi connectivity index (χ4n) is 1.57. The summed E-state index contributed by atoms with van der Waals surface area (Å²) in [6, 6.07) is 6.69. The highest BCUT2D eigenvalue weighted by molar-refractivity contribution is 7.94. The predicted molar refractivity (Wildman–Crippen MR) is 82.7 cm³/mol. The number of rotatable bonds is 4. The van der Waals surface area contributed by atoms with Gasteiger partial charge < -0.3 is 5.32 Å². The van der Waals surface area contributed by atoms with Crippen molar-refractivity contribution < 1.29 is 8.42 Å². The molecule has 7 heteroatoms. The molecule has 0 saturated carbocycles. The first-order valence-corrected chi connectivity index (χ1v) is 8.43. The van der Waals surface area contributed by atoms with Crippen molar-refractivity contribution in [3.63, 3.8) is 0 Å². The summed E-state index contributed by atoms with van der Waals surface area (Å²) in [5, 5.41) is 4.98. The topological polar surface area (TPSA) is 71.1 Å². The van der Waals surface area contributed by atoms with Crippen LogP contribution in [0, 0.1) is 0 Å². The number of sulfonamides is 1. The van der Waals surface area contributed by atoms with Gasteiger partial charge in [0.2, 0.25) is 0 Å². The maximum absolute atomic E-state index is 12.0. The average Bonchev–Trinajstić information content (AvgIpc) is 2.84. The van der Waals surface area contributed by atoms with Gasteiger partial charge in [-0.15, -0.1) is 11.3 Å². The molecule has 20 heavy (non-hydrogen) atoms. The number of pyridine rings is 1. The van der Waals surface area contributed by atoms with Crippen LogP contribution in [-0.4, -0.2) is 18.9 Å². The number of hydrogen-bond acceptors (Lipinski definition) is 5. The lowest BCUT2D eigenvalue weighted by Gasteiger charge is -2.21. The van der Waals surface area contributed by atoms with Gasteiger partial charge in [-0.2, -0.15) is 0 Å². The van der Waals surface area contributed by atoms with Gasteiger partial charge in [-0.3, -0.25) is 4.72 Å². The maximum atomic E-state index is 12.0. The monoisotopic (exact) mass is 311 g/mol. The van der Waals surface area contributed by atoms with Crippen molar-refractivity contribution in [3.05, 3.63) is 35.8 Å². The zero-order valence-corrected chi connectivity index (χ0v) is 13.2. The largest absolute Gasteiger partial charge is 0.379 e. The van der Waals surface area contributed by atoms with Gasteiger partial charge >= 0.3 is 0 Å². The third-order valence-electron chi connectivity index (χ3n) is 2.28. The second-order valence-corrected chi connectivity index (χ2v) is 8.20. The molecule has 0 radical (unpaired) electrons. The van der Waals surface area contributed by atoms with Gasteiger partial charge in [0.15, 0.2) is 0 Å². The van der Waals surface area contributed by atoms with Crippen molar-refractivity contribution in [2.45, 2.75) is 30.5 Å². The van der Waals surface area contributed by atoms with Crippen molar-refractivity contribution in [2.75, 3.05) is 10.0 Å². The van der Waals surface area contributed by atoms with Crippen LogP contribution in [-0.2, 0) is 10.0 Å². The molecule has 0 atom stereocenters. The van der Waals surface area contributed by atoms with E-state index in [0.717, 1.165) is 5.69 Å². The predicted octanol–water partition coefficient (Wildman–Crippen LogP) is 3.15. The van der Waals surface area contributed by atoms with E-state index in [1.807, 2.05) is 20.8 Å². The molecular weight excluding hydrogens is 294 g/mol. The van der Waals surface area contributed by atoms with E-state index in [9.17, 15) is 8.42 Å². The number of nitrogens with zero attached hydrogens (tertiary/aromatic N) is 1. The van der Waals surface area contributed by atoms with Crippen LogP contribution in [0.4, 0.5) is 11.5 Å². The van der Waals surface area contributed by atoms with E-state index in [2.05, 4.69) is 15.0 Å². The van der Waals surface area contributed by atoms with Crippen LogP contribution in [0.25, 0.3) is 0 Å². The Kier molecular flexibility index (Phi) is 4.01. The molecule has 0 amide bonds. The zero-order valence-electron chi connectivity index (χ0n) is 11.5. The van der Waals surface area contributed by atoms with Crippen LogP contribution in [0.1, 0.15) is 20.8 Å². The second-order valence-electron chi connectivity index (χ2n) is 5.34. The summed E-state index contributed by atoms with van der Waals surface area (Å²) in [7, 11) is -3.53. The molecule has 2 aromatic rings. The summed E-state index contributed by atoms with van der Waals surface area (Å²) < 4.78 is 26.8. The van der Waals surface area contributed by atoms with E-state index in [-0.39, 0.29) is 9.75 Å². The molecule has 108 valence electrons. The lowest BCUT2D eigenvalue weighted by Crippen LogP contribution is -2.26. The second kappa shape index (κ2) is 5.41. The van der Waals surface area contributed by atoms with E-state index in [0.29, 0.717) is 5.82 Å². The number of aromatic nitrogens is 1. The number of nitrogens with one attached hydrogen (secondary N) is 2. The summed E-state index contributed by atoms with van der Waals surface area (Å²) in [6.45, 7) is 6.13. The molecule has 0 spiro atoms. The fourth-order valence-corrected chi connectivity index (χ4v) is 3.57. The summed E-state index contributed by atoms with van der Waals surface area (Å²) in [6.07, 6.45) is 1.61. The van der Waals surface area contributed by atoms with Crippen molar-refractivity contribution in [3.8, 4) is 0 Å². The Morgan fingerprint density at radius 2 is 1.95 bits per heavy atom. The van der Waals surface area contributed by atoms with Gasteiger partial charge in [-0.25, -0.2) is 13.4 Å². The summed E-state index contributed by atoms with van der Waals surface area (Å²) in [5.74, 6) is 0.304. The molecule has 2 N–H and O–H groups in total. The highest BCUT2D eigenvalue weighted by Gasteiger charge is 2.16. The van der Waals surface area contributed by atoms with Crippen LogP contribution in [0.3, 0.4) is 0 Å². The average molecular weight is 311 g/mol. The summed E-state index contributed by atoms with van der Waals surface area (Å²) in [5.41, 5.74) is 0.774. The lowest BCUT2D eigenvalue weighted by molar-refractivity contribution is 0.603. The quantitative estimate of drug-likeness (QED) is 0.910. The Hall–Kier alpha value is -1.60. The normalized spacial score (nSPS) is 12.2. The molecule has 0 fully saturated rings. The number of thiophene rings is 1. The van der Waals surface area contributed by atoms with E-state index >= 15 is 0 Å². The first-order chi connectivity index (χ1) is 9.26. The van der Waals surface area contributed by atoms with Gasteiger partial charge in [0.25, 0.3) is 10.0 Å². The highest BCUT2D eigenvalue weighted by Crippen LogP contribution is 2.20. The molecular formula is C13H17N3O2S2. The van der Waals surface area contributed by atoms with Crippen LogP contribution in [0.2, 0.25) is 0 Å². The third kappa shape index (κ3) is 3.94. The van der Waals surface area contributed by atoms with Gasteiger partial charge in [0.05, 0.1) is 11.9 Å². The van der Waals surface area contributed by atoms with E-state index in [1.54, 1.807) is 35.8 Å². The molecule has 2 aromatic heterocycles. The molecule has 0 aliphatic rings. The summed E-state index contributed by atoms with van der Waals surface area (Å²) >= 11 is 1.17. The van der Waals surface area contributed by atoms with Crippen LogP contribution >= 0.6 is 11.3 Å². The maximum Gasteiger partial charge on any atom is 0.272 e. The van der Waals surface area contributed by atoms with Crippen molar-refractivity contribution in [2.24, 2.45) is 0 Å². The fraction of sp³-hybridized carbons (Fsp3) is 0.308. The van der Waals surface area contributed by atoms with E-state index in [1.165, 1.54) is 11.3 Å². The molecule has 2 rings (SSSR count). The molecule has 5 nitrogen and oxygen atoms in total. The Labute approximate surface area is 123 Å². The molecule has 0 unspecified atom stereocenters. The molecule has 0 aliphatic heterocycles. The Balaban J connectivity index is 2.12. The van der Waals surface area contributed by atoms with Gasteiger partial charge in [-0.1, -0.05) is 6.07 Å². The number of anilines is 2. The molecule has 0 bridgehead atoms. The van der Waals surface area contributed by atoms with Crippen LogP contribution in [0.5, 0.6) is 0 Å². The van der Waals surface area contributed by atoms with Gasteiger partial charge in [-0.05, 0) is 44.4 Å². The smallest absolute Gasteiger partial charge is 0.272 e. The molecule has 0 aromatic carbocycles. The Morgan fingerprint density at radius 3 is 2.45 bits per heavy atom. The summed E-state index contributed by atoms with van der Waals surface area (Å²) in [4.78, 5) is 4.11. The Morgan fingerprint density at radius 1 is 1.20 bits per heavy atom.